The number of benzene rings is 2. The van der Waals surface area contributed by atoms with Crippen molar-refractivity contribution in [2.45, 2.75) is 13.0 Å². The summed E-state index contributed by atoms with van der Waals surface area (Å²) in [5, 5.41) is 2.68. The molecule has 0 unspecified atom stereocenters. The predicted octanol–water partition coefficient (Wildman–Crippen LogP) is 3.84. The lowest BCUT2D eigenvalue weighted by molar-refractivity contribution is 0.112. The molecule has 0 saturated heterocycles. The third-order valence-electron chi connectivity index (χ3n) is 3.51. The van der Waals surface area contributed by atoms with Crippen molar-refractivity contribution >= 4 is 18.5 Å². The number of carbonyl (C=O) groups is 2. The monoisotopic (exact) mass is 339 g/mol. The SMILES string of the molecule is COc1ccc(C=O)c(C=CCCNC(=O)OCc2ccccc2)c1. The number of rotatable bonds is 8. The average Bonchev–Trinajstić information content (AvgIpc) is 2.66. The van der Waals surface area contributed by atoms with E-state index in [1.807, 2.05) is 42.5 Å². The molecule has 0 radical (unpaired) electrons. The molecule has 0 fully saturated rings. The number of amides is 1. The fraction of sp³-hybridized carbons (Fsp3) is 0.200. The van der Waals surface area contributed by atoms with Crippen LogP contribution in [0.2, 0.25) is 0 Å². The minimum atomic E-state index is -0.452. The molecule has 0 heterocycles. The summed E-state index contributed by atoms with van der Waals surface area (Å²) in [6.45, 7) is 0.694. The van der Waals surface area contributed by atoms with E-state index in [2.05, 4.69) is 5.32 Å². The Hall–Kier alpha value is -3.08. The molecule has 0 aliphatic rings. The van der Waals surface area contributed by atoms with Crippen molar-refractivity contribution in [2.75, 3.05) is 13.7 Å². The third-order valence-corrected chi connectivity index (χ3v) is 3.51. The van der Waals surface area contributed by atoms with Crippen LogP contribution >= 0.6 is 0 Å². The quantitative estimate of drug-likeness (QED) is 0.586. The second-order valence-electron chi connectivity index (χ2n) is 5.29. The summed E-state index contributed by atoms with van der Waals surface area (Å²) in [6, 6.07) is 14.7. The van der Waals surface area contributed by atoms with Gasteiger partial charge in [-0.25, -0.2) is 4.79 Å². The number of nitrogens with one attached hydrogen (secondary N) is 1. The molecule has 0 bridgehead atoms. The molecule has 0 saturated carbocycles. The maximum atomic E-state index is 11.6. The molecule has 0 spiro atoms. The normalized spacial score (nSPS) is 10.4. The van der Waals surface area contributed by atoms with Gasteiger partial charge in [-0.15, -0.1) is 0 Å². The lowest BCUT2D eigenvalue weighted by Gasteiger charge is -2.06. The highest BCUT2D eigenvalue weighted by atomic mass is 16.5. The van der Waals surface area contributed by atoms with Crippen molar-refractivity contribution < 1.29 is 19.1 Å². The second-order valence-corrected chi connectivity index (χ2v) is 5.29. The molecule has 2 aromatic carbocycles. The third kappa shape index (κ3) is 6.14. The molecule has 2 rings (SSSR count). The molecule has 130 valence electrons. The van der Waals surface area contributed by atoms with Gasteiger partial charge >= 0.3 is 6.09 Å². The van der Waals surface area contributed by atoms with Crippen LogP contribution in [-0.2, 0) is 11.3 Å². The number of ether oxygens (including phenoxy) is 2. The van der Waals surface area contributed by atoms with E-state index in [-0.39, 0.29) is 6.61 Å². The van der Waals surface area contributed by atoms with Crippen LogP contribution < -0.4 is 10.1 Å². The maximum absolute atomic E-state index is 11.6. The number of alkyl carbamates (subject to hydrolysis) is 1. The van der Waals surface area contributed by atoms with Crippen molar-refractivity contribution in [3.05, 3.63) is 71.3 Å². The van der Waals surface area contributed by atoms with Gasteiger partial charge < -0.3 is 14.8 Å². The first kappa shape index (κ1) is 18.3. The van der Waals surface area contributed by atoms with Crippen molar-refractivity contribution in [3.63, 3.8) is 0 Å². The summed E-state index contributed by atoms with van der Waals surface area (Å²) in [4.78, 5) is 22.7. The van der Waals surface area contributed by atoms with Gasteiger partial charge in [0.15, 0.2) is 6.29 Å². The largest absolute Gasteiger partial charge is 0.497 e. The Morgan fingerprint density at radius 3 is 2.64 bits per heavy atom. The lowest BCUT2D eigenvalue weighted by Crippen LogP contribution is -2.24. The minimum absolute atomic E-state index is 0.245. The van der Waals surface area contributed by atoms with Gasteiger partial charge in [0.25, 0.3) is 0 Å². The Labute approximate surface area is 147 Å². The second kappa shape index (κ2) is 9.93. The number of aldehydes is 1. The summed E-state index contributed by atoms with van der Waals surface area (Å²) < 4.78 is 10.3. The Bertz CT molecular complexity index is 726. The first-order chi connectivity index (χ1) is 12.2. The summed E-state index contributed by atoms with van der Waals surface area (Å²) in [7, 11) is 1.58. The Kier molecular flexibility index (Phi) is 7.25. The van der Waals surface area contributed by atoms with E-state index in [4.69, 9.17) is 9.47 Å². The highest BCUT2D eigenvalue weighted by Gasteiger charge is 2.02. The molecule has 0 aromatic heterocycles. The Morgan fingerprint density at radius 1 is 1.12 bits per heavy atom. The van der Waals surface area contributed by atoms with E-state index >= 15 is 0 Å². The van der Waals surface area contributed by atoms with Gasteiger partial charge in [-0.1, -0.05) is 42.5 Å². The molecule has 2 aromatic rings. The first-order valence-electron chi connectivity index (χ1n) is 7.97. The summed E-state index contributed by atoms with van der Waals surface area (Å²) >= 11 is 0. The maximum Gasteiger partial charge on any atom is 0.407 e. The number of hydrogen-bond donors (Lipinski definition) is 1. The van der Waals surface area contributed by atoms with Gasteiger partial charge in [-0.05, 0) is 35.7 Å². The van der Waals surface area contributed by atoms with E-state index in [0.717, 1.165) is 17.4 Å². The zero-order valence-electron chi connectivity index (χ0n) is 14.1. The predicted molar refractivity (Wildman–Crippen MR) is 96.7 cm³/mol. The van der Waals surface area contributed by atoms with Gasteiger partial charge in [-0.2, -0.15) is 0 Å². The van der Waals surface area contributed by atoms with Gasteiger partial charge in [0, 0.05) is 12.1 Å². The lowest BCUT2D eigenvalue weighted by atomic mass is 10.1. The van der Waals surface area contributed by atoms with Crippen LogP contribution in [0.15, 0.2) is 54.6 Å². The van der Waals surface area contributed by atoms with E-state index in [1.54, 1.807) is 25.3 Å². The van der Waals surface area contributed by atoms with Crippen LogP contribution in [0.3, 0.4) is 0 Å². The van der Waals surface area contributed by atoms with E-state index in [9.17, 15) is 9.59 Å². The standard InChI is InChI=1S/C20H21NO4/c1-24-19-11-10-18(14-22)17(13-19)9-5-6-12-21-20(23)25-15-16-7-3-2-4-8-16/h2-5,7-11,13-14H,6,12,15H2,1H3,(H,21,23). The summed E-state index contributed by atoms with van der Waals surface area (Å²) in [5.74, 6) is 0.688. The molecular weight excluding hydrogens is 318 g/mol. The Morgan fingerprint density at radius 2 is 1.92 bits per heavy atom. The van der Waals surface area contributed by atoms with Crippen LogP contribution in [-0.4, -0.2) is 26.0 Å². The number of carbonyl (C=O) groups excluding carboxylic acids is 2. The minimum Gasteiger partial charge on any atom is -0.497 e. The van der Waals surface area contributed by atoms with Gasteiger partial charge in [0.2, 0.25) is 0 Å². The highest BCUT2D eigenvalue weighted by molar-refractivity contribution is 5.82. The molecule has 5 nitrogen and oxygen atoms in total. The molecule has 0 aliphatic heterocycles. The molecule has 25 heavy (non-hydrogen) atoms. The number of methoxy groups -OCH3 is 1. The summed E-state index contributed by atoms with van der Waals surface area (Å²) in [6.07, 6.45) is 4.70. The first-order valence-corrected chi connectivity index (χ1v) is 7.97. The number of hydrogen-bond acceptors (Lipinski definition) is 4. The van der Waals surface area contributed by atoms with Gasteiger partial charge in [0.05, 0.1) is 7.11 Å². The van der Waals surface area contributed by atoms with Crippen molar-refractivity contribution in [1.82, 2.24) is 5.32 Å². The molecule has 0 aliphatic carbocycles. The van der Waals surface area contributed by atoms with Gasteiger partial charge in [-0.3, -0.25) is 4.79 Å². The fourth-order valence-electron chi connectivity index (χ4n) is 2.17. The fourth-order valence-corrected chi connectivity index (χ4v) is 2.17. The molecule has 1 amide bonds. The van der Waals surface area contributed by atoms with Crippen molar-refractivity contribution in [2.24, 2.45) is 0 Å². The van der Waals surface area contributed by atoms with Crippen LogP contribution in [0, 0.1) is 0 Å². The van der Waals surface area contributed by atoms with Crippen LogP contribution in [0.4, 0.5) is 4.79 Å². The molecule has 5 heteroatoms. The zero-order valence-corrected chi connectivity index (χ0v) is 14.1. The van der Waals surface area contributed by atoms with Gasteiger partial charge in [0.1, 0.15) is 12.4 Å². The van der Waals surface area contributed by atoms with Crippen LogP contribution in [0.1, 0.15) is 27.9 Å². The molecular formula is C20H21NO4. The zero-order chi connectivity index (χ0) is 17.9. The van der Waals surface area contributed by atoms with Crippen LogP contribution in [0.5, 0.6) is 5.75 Å². The van der Waals surface area contributed by atoms with Crippen LogP contribution in [0.25, 0.3) is 6.08 Å². The molecule has 1 N–H and O–H groups in total. The Balaban J connectivity index is 1.74. The average molecular weight is 339 g/mol. The smallest absolute Gasteiger partial charge is 0.407 e. The highest BCUT2D eigenvalue weighted by Crippen LogP contribution is 2.18. The van der Waals surface area contributed by atoms with E-state index < -0.39 is 6.09 Å². The molecule has 0 atom stereocenters. The van der Waals surface area contributed by atoms with E-state index in [0.29, 0.717) is 24.3 Å². The van der Waals surface area contributed by atoms with Crippen molar-refractivity contribution in [1.29, 1.82) is 0 Å². The van der Waals surface area contributed by atoms with Crippen molar-refractivity contribution in [3.8, 4) is 5.75 Å². The van der Waals surface area contributed by atoms with E-state index in [1.165, 1.54) is 0 Å². The topological polar surface area (TPSA) is 64.6 Å². The summed E-state index contributed by atoms with van der Waals surface area (Å²) in [5.41, 5.74) is 2.31.